The molecule has 0 aliphatic carbocycles. The molecule has 0 saturated carbocycles. The van der Waals surface area contributed by atoms with Gasteiger partial charge in [-0.05, 0) is 29.8 Å². The van der Waals surface area contributed by atoms with Crippen LogP contribution >= 0.6 is 0 Å². The molecule has 0 bridgehead atoms. The lowest BCUT2D eigenvalue weighted by Gasteiger charge is -2.18. The highest BCUT2D eigenvalue weighted by molar-refractivity contribution is 5.42. The Bertz CT molecular complexity index is 800. The molecular weight excluding hydrogens is 276 g/mol. The highest BCUT2D eigenvalue weighted by Crippen LogP contribution is 2.30. The lowest BCUT2D eigenvalue weighted by Crippen LogP contribution is -2.21. The smallest absolute Gasteiger partial charge is 0.139 e. The zero-order valence-electron chi connectivity index (χ0n) is 12.7. The van der Waals surface area contributed by atoms with Crippen molar-refractivity contribution in [2.24, 2.45) is 7.05 Å². The fraction of sp³-hybridized carbons (Fsp3) is 0.235. The third-order valence-corrected chi connectivity index (χ3v) is 4.23. The highest BCUT2D eigenvalue weighted by atomic mass is 16.5. The van der Waals surface area contributed by atoms with Crippen molar-refractivity contribution in [3.8, 4) is 11.6 Å². The van der Waals surface area contributed by atoms with Crippen molar-refractivity contribution < 1.29 is 4.74 Å². The number of ether oxygens (including phenoxy) is 1. The molecule has 1 aliphatic heterocycles. The molecule has 4 rings (SSSR count). The van der Waals surface area contributed by atoms with Crippen LogP contribution in [0.15, 0.2) is 48.8 Å². The first-order chi connectivity index (χ1) is 10.8. The predicted molar refractivity (Wildman–Crippen MR) is 84.2 cm³/mol. The highest BCUT2D eigenvalue weighted by Gasteiger charge is 2.24. The van der Waals surface area contributed by atoms with Crippen LogP contribution in [-0.4, -0.2) is 21.5 Å². The number of aryl methyl sites for hydroxylation is 1. The first-order valence-corrected chi connectivity index (χ1v) is 7.34. The van der Waals surface area contributed by atoms with Crippen molar-refractivity contribution in [1.82, 2.24) is 19.7 Å². The lowest BCUT2D eigenvalue weighted by atomic mass is 10.0. The van der Waals surface area contributed by atoms with Crippen LogP contribution in [0.4, 0.5) is 0 Å². The molecule has 5 heteroatoms. The molecule has 112 valence electrons. The third kappa shape index (κ3) is 1.94. The van der Waals surface area contributed by atoms with Gasteiger partial charge in [0.15, 0.2) is 0 Å². The Labute approximate surface area is 129 Å². The van der Waals surface area contributed by atoms with E-state index in [1.165, 1.54) is 16.8 Å². The summed E-state index contributed by atoms with van der Waals surface area (Å²) in [5, 5.41) is 8.01. The monoisotopic (exact) mass is 294 g/mol. The van der Waals surface area contributed by atoms with Crippen LogP contribution in [0.1, 0.15) is 22.9 Å². The second kappa shape index (κ2) is 5.03. The van der Waals surface area contributed by atoms with Gasteiger partial charge in [0.25, 0.3) is 0 Å². The molecule has 2 aromatic heterocycles. The van der Waals surface area contributed by atoms with Gasteiger partial charge in [0.2, 0.25) is 0 Å². The van der Waals surface area contributed by atoms with Gasteiger partial charge in [-0.15, -0.1) is 0 Å². The van der Waals surface area contributed by atoms with Crippen molar-refractivity contribution in [1.29, 1.82) is 0 Å². The Morgan fingerprint density at radius 3 is 2.82 bits per heavy atom. The van der Waals surface area contributed by atoms with Gasteiger partial charge >= 0.3 is 0 Å². The molecule has 1 aromatic carbocycles. The molecule has 22 heavy (non-hydrogen) atoms. The first kappa shape index (κ1) is 13.2. The van der Waals surface area contributed by atoms with E-state index in [4.69, 9.17) is 4.74 Å². The Morgan fingerprint density at radius 2 is 2.05 bits per heavy atom. The average molecular weight is 294 g/mol. The summed E-state index contributed by atoms with van der Waals surface area (Å²) in [6.45, 7) is 0.793. The Hall–Kier alpha value is -2.53. The molecule has 1 unspecified atom stereocenters. The maximum absolute atomic E-state index is 5.25. The van der Waals surface area contributed by atoms with Gasteiger partial charge in [0.05, 0.1) is 19.3 Å². The van der Waals surface area contributed by atoms with E-state index in [0.29, 0.717) is 0 Å². The van der Waals surface area contributed by atoms with E-state index in [2.05, 4.69) is 45.4 Å². The molecule has 3 heterocycles. The van der Waals surface area contributed by atoms with E-state index in [0.717, 1.165) is 18.1 Å². The number of nitrogens with one attached hydrogen (secondary N) is 1. The number of nitrogens with zero attached hydrogens (tertiary/aromatic N) is 3. The van der Waals surface area contributed by atoms with Crippen molar-refractivity contribution in [2.45, 2.75) is 12.6 Å². The van der Waals surface area contributed by atoms with Gasteiger partial charge in [0, 0.05) is 31.0 Å². The molecule has 0 amide bonds. The number of rotatable bonds is 2. The van der Waals surface area contributed by atoms with Crippen molar-refractivity contribution >= 4 is 0 Å². The number of hydrogen-bond acceptors (Lipinski definition) is 3. The Balaban J connectivity index is 1.81. The minimum Gasteiger partial charge on any atom is -0.497 e. The molecule has 0 spiro atoms. The van der Waals surface area contributed by atoms with Crippen LogP contribution in [0.2, 0.25) is 0 Å². The van der Waals surface area contributed by atoms with Gasteiger partial charge in [0.1, 0.15) is 11.6 Å². The fourth-order valence-corrected chi connectivity index (χ4v) is 3.14. The van der Waals surface area contributed by atoms with Crippen molar-refractivity contribution in [2.75, 3.05) is 7.11 Å². The van der Waals surface area contributed by atoms with Crippen LogP contribution < -0.4 is 10.1 Å². The Morgan fingerprint density at radius 1 is 1.23 bits per heavy atom. The quantitative estimate of drug-likeness (QED) is 0.789. The normalized spacial score (nSPS) is 16.7. The zero-order valence-corrected chi connectivity index (χ0v) is 12.7. The number of hydrogen-bond donors (Lipinski definition) is 1. The molecule has 0 saturated heterocycles. The van der Waals surface area contributed by atoms with Crippen molar-refractivity contribution in [3.05, 3.63) is 65.6 Å². The maximum Gasteiger partial charge on any atom is 0.139 e. The summed E-state index contributed by atoms with van der Waals surface area (Å²) in [7, 11) is 3.67. The number of fused-ring (bicyclic) bond motifs is 3. The topological polar surface area (TPSA) is 44.0 Å². The second-order valence-corrected chi connectivity index (χ2v) is 5.51. The van der Waals surface area contributed by atoms with E-state index in [1.54, 1.807) is 7.11 Å². The maximum atomic E-state index is 5.25. The molecule has 1 N–H and O–H groups in total. The summed E-state index contributed by atoms with van der Waals surface area (Å²) in [6, 6.07) is 12.6. The molecule has 1 aliphatic rings. The van der Waals surface area contributed by atoms with E-state index < -0.39 is 0 Å². The lowest BCUT2D eigenvalue weighted by molar-refractivity contribution is 0.414. The SMILES string of the molecule is COc1ccc(C2NCc3cnn(C)c3-n3cccc32)cc1. The number of aromatic nitrogens is 3. The zero-order chi connectivity index (χ0) is 15.1. The summed E-state index contributed by atoms with van der Waals surface area (Å²) in [5.41, 5.74) is 3.64. The second-order valence-electron chi connectivity index (χ2n) is 5.51. The van der Waals surface area contributed by atoms with Crippen LogP contribution in [0.3, 0.4) is 0 Å². The van der Waals surface area contributed by atoms with Gasteiger partial charge < -0.3 is 14.6 Å². The minimum atomic E-state index is 0.147. The van der Waals surface area contributed by atoms with E-state index in [9.17, 15) is 0 Å². The van der Waals surface area contributed by atoms with Crippen LogP contribution in [0.5, 0.6) is 5.75 Å². The predicted octanol–water partition coefficient (Wildman–Crippen LogP) is 2.41. The van der Waals surface area contributed by atoms with Gasteiger partial charge in [-0.1, -0.05) is 12.1 Å². The van der Waals surface area contributed by atoms with Crippen molar-refractivity contribution in [3.63, 3.8) is 0 Å². The fourth-order valence-electron chi connectivity index (χ4n) is 3.14. The van der Waals surface area contributed by atoms with Crippen LogP contribution in [0, 0.1) is 0 Å². The van der Waals surface area contributed by atoms with Gasteiger partial charge in [-0.2, -0.15) is 5.10 Å². The summed E-state index contributed by atoms with van der Waals surface area (Å²) < 4.78 is 9.40. The van der Waals surface area contributed by atoms with E-state index in [-0.39, 0.29) is 6.04 Å². The van der Waals surface area contributed by atoms with Crippen LogP contribution in [-0.2, 0) is 13.6 Å². The molecule has 5 nitrogen and oxygen atoms in total. The minimum absolute atomic E-state index is 0.147. The first-order valence-electron chi connectivity index (χ1n) is 7.34. The number of methoxy groups -OCH3 is 1. The summed E-state index contributed by atoms with van der Waals surface area (Å²) >= 11 is 0. The third-order valence-electron chi connectivity index (χ3n) is 4.23. The van der Waals surface area contributed by atoms with Gasteiger partial charge in [-0.3, -0.25) is 4.68 Å². The van der Waals surface area contributed by atoms with E-state index in [1.807, 2.05) is 30.1 Å². The molecule has 0 fully saturated rings. The molecule has 3 aromatic rings. The number of benzene rings is 1. The van der Waals surface area contributed by atoms with Gasteiger partial charge in [-0.25, -0.2) is 0 Å². The van der Waals surface area contributed by atoms with E-state index >= 15 is 0 Å². The Kier molecular flexibility index (Phi) is 3.01. The molecular formula is C17H18N4O. The summed E-state index contributed by atoms with van der Waals surface area (Å²) in [5.74, 6) is 2.00. The van der Waals surface area contributed by atoms with Crippen LogP contribution in [0.25, 0.3) is 5.82 Å². The summed E-state index contributed by atoms with van der Waals surface area (Å²) in [6.07, 6.45) is 4.03. The molecule has 0 radical (unpaired) electrons. The summed E-state index contributed by atoms with van der Waals surface area (Å²) in [4.78, 5) is 0. The largest absolute Gasteiger partial charge is 0.497 e. The average Bonchev–Trinajstić information content (AvgIpc) is 3.12. The molecule has 1 atom stereocenters. The standard InChI is InChI=1S/C17H18N4O/c1-20-17-13(11-19-20)10-18-16(15-4-3-9-21(15)17)12-5-7-14(22-2)8-6-12/h3-9,11,16,18H,10H2,1-2H3.